The summed E-state index contributed by atoms with van der Waals surface area (Å²) < 4.78 is 0. The Morgan fingerprint density at radius 3 is 2.67 bits per heavy atom. The monoisotopic (exact) mass is 264 g/mol. The number of amides is 3. The molecule has 1 fully saturated rings. The van der Waals surface area contributed by atoms with Crippen LogP contribution >= 0.6 is 11.8 Å². The summed E-state index contributed by atoms with van der Waals surface area (Å²) in [7, 11) is 0. The molecule has 1 heterocycles. The standard InChI is InChI=1S/C12H12N2O3S/c15-10-6-9(12(17)14-10)18-7-13-11(16)8-4-2-1-3-5-8/h1-5,9H,6-7H2,(H,13,16)(H,14,15,17). The van der Waals surface area contributed by atoms with Crippen LogP contribution in [-0.2, 0) is 9.59 Å². The number of carbonyl (C=O) groups is 3. The van der Waals surface area contributed by atoms with Gasteiger partial charge in [-0.15, -0.1) is 11.8 Å². The first-order chi connectivity index (χ1) is 8.66. The third kappa shape index (κ3) is 3.10. The Kier molecular flexibility index (Phi) is 3.99. The predicted octanol–water partition coefficient (Wildman–Crippen LogP) is 0.522. The summed E-state index contributed by atoms with van der Waals surface area (Å²) in [5.41, 5.74) is 0.574. The van der Waals surface area contributed by atoms with E-state index >= 15 is 0 Å². The Morgan fingerprint density at radius 2 is 2.06 bits per heavy atom. The summed E-state index contributed by atoms with van der Waals surface area (Å²) in [6, 6.07) is 8.83. The number of hydrogen-bond acceptors (Lipinski definition) is 4. The quantitative estimate of drug-likeness (QED) is 0.614. The van der Waals surface area contributed by atoms with Crippen molar-refractivity contribution in [2.24, 2.45) is 0 Å². The fourth-order valence-electron chi connectivity index (χ4n) is 1.56. The number of carbonyl (C=O) groups excluding carboxylic acids is 3. The van der Waals surface area contributed by atoms with Gasteiger partial charge in [-0.05, 0) is 12.1 Å². The topological polar surface area (TPSA) is 75.3 Å². The van der Waals surface area contributed by atoms with E-state index in [-0.39, 0.29) is 24.1 Å². The molecule has 2 N–H and O–H groups in total. The molecule has 1 saturated heterocycles. The van der Waals surface area contributed by atoms with E-state index in [0.29, 0.717) is 11.4 Å². The molecule has 0 aliphatic carbocycles. The van der Waals surface area contributed by atoms with Crippen LogP contribution in [0.5, 0.6) is 0 Å². The first kappa shape index (κ1) is 12.6. The fourth-order valence-corrected chi connectivity index (χ4v) is 2.46. The minimum Gasteiger partial charge on any atom is -0.343 e. The lowest BCUT2D eigenvalue weighted by Crippen LogP contribution is -2.27. The maximum Gasteiger partial charge on any atom is 0.251 e. The van der Waals surface area contributed by atoms with Crippen molar-refractivity contribution in [3.05, 3.63) is 35.9 Å². The maximum absolute atomic E-state index is 11.7. The van der Waals surface area contributed by atoms with Crippen molar-refractivity contribution >= 4 is 29.5 Å². The molecule has 1 aliphatic rings. The van der Waals surface area contributed by atoms with Crippen molar-refractivity contribution in [2.45, 2.75) is 11.7 Å². The molecule has 0 radical (unpaired) electrons. The van der Waals surface area contributed by atoms with Gasteiger partial charge in [-0.25, -0.2) is 0 Å². The van der Waals surface area contributed by atoms with Crippen LogP contribution in [0.3, 0.4) is 0 Å². The van der Waals surface area contributed by atoms with Crippen molar-refractivity contribution in [3.8, 4) is 0 Å². The highest BCUT2D eigenvalue weighted by Gasteiger charge is 2.30. The van der Waals surface area contributed by atoms with Gasteiger partial charge in [0, 0.05) is 12.0 Å². The second-order valence-electron chi connectivity index (χ2n) is 3.79. The molecule has 1 unspecified atom stereocenters. The van der Waals surface area contributed by atoms with Crippen molar-refractivity contribution in [2.75, 3.05) is 5.88 Å². The second-order valence-corrected chi connectivity index (χ2v) is 4.98. The van der Waals surface area contributed by atoms with Crippen molar-refractivity contribution in [1.29, 1.82) is 0 Å². The van der Waals surface area contributed by atoms with Crippen molar-refractivity contribution in [3.63, 3.8) is 0 Å². The average Bonchev–Trinajstić information content (AvgIpc) is 2.69. The fraction of sp³-hybridized carbons (Fsp3) is 0.250. The molecule has 18 heavy (non-hydrogen) atoms. The summed E-state index contributed by atoms with van der Waals surface area (Å²) in [5, 5.41) is 4.52. The van der Waals surface area contributed by atoms with Gasteiger partial charge in [0.2, 0.25) is 11.8 Å². The largest absolute Gasteiger partial charge is 0.343 e. The van der Waals surface area contributed by atoms with Gasteiger partial charge in [-0.2, -0.15) is 0 Å². The maximum atomic E-state index is 11.7. The van der Waals surface area contributed by atoms with Crippen LogP contribution in [0.15, 0.2) is 30.3 Å². The number of rotatable bonds is 4. The predicted molar refractivity (Wildman–Crippen MR) is 67.9 cm³/mol. The minimum atomic E-state index is -0.395. The third-order valence-electron chi connectivity index (χ3n) is 2.48. The Morgan fingerprint density at radius 1 is 1.33 bits per heavy atom. The van der Waals surface area contributed by atoms with Gasteiger partial charge in [0.05, 0.1) is 11.1 Å². The van der Waals surface area contributed by atoms with Gasteiger partial charge in [0.1, 0.15) is 0 Å². The van der Waals surface area contributed by atoms with Gasteiger partial charge >= 0.3 is 0 Å². The molecule has 0 bridgehead atoms. The molecule has 3 amide bonds. The SMILES string of the molecule is O=C1CC(SCNC(=O)c2ccccc2)C(=O)N1. The summed E-state index contributed by atoms with van der Waals surface area (Å²) in [4.78, 5) is 33.9. The third-order valence-corrected chi connectivity index (χ3v) is 3.57. The van der Waals surface area contributed by atoms with Crippen molar-refractivity contribution < 1.29 is 14.4 Å². The molecule has 2 rings (SSSR count). The lowest BCUT2D eigenvalue weighted by atomic mass is 10.2. The summed E-state index contributed by atoms with van der Waals surface area (Å²) in [6.45, 7) is 0. The molecule has 1 atom stereocenters. The minimum absolute atomic E-state index is 0.185. The number of nitrogens with one attached hydrogen (secondary N) is 2. The first-order valence-electron chi connectivity index (χ1n) is 5.45. The normalized spacial score (nSPS) is 18.6. The molecule has 5 nitrogen and oxygen atoms in total. The van der Waals surface area contributed by atoms with Crippen molar-refractivity contribution in [1.82, 2.24) is 10.6 Å². The van der Waals surface area contributed by atoms with Crippen LogP contribution in [0, 0.1) is 0 Å². The van der Waals surface area contributed by atoms with Crippen LogP contribution in [0.4, 0.5) is 0 Å². The van der Waals surface area contributed by atoms with Crippen LogP contribution in [-0.4, -0.2) is 28.8 Å². The zero-order chi connectivity index (χ0) is 13.0. The van der Waals surface area contributed by atoms with Gasteiger partial charge in [-0.1, -0.05) is 18.2 Å². The van der Waals surface area contributed by atoms with Crippen LogP contribution < -0.4 is 10.6 Å². The Balaban J connectivity index is 1.78. The van der Waals surface area contributed by atoms with Crippen LogP contribution in [0.1, 0.15) is 16.8 Å². The lowest BCUT2D eigenvalue weighted by molar-refractivity contribution is -0.124. The van der Waals surface area contributed by atoms with E-state index in [4.69, 9.17) is 0 Å². The van der Waals surface area contributed by atoms with Crippen LogP contribution in [0.25, 0.3) is 0 Å². The highest BCUT2D eigenvalue weighted by atomic mass is 32.2. The lowest BCUT2D eigenvalue weighted by Gasteiger charge is -2.07. The molecular weight excluding hydrogens is 252 g/mol. The summed E-state index contributed by atoms with van der Waals surface area (Å²) in [6.07, 6.45) is 0.185. The van der Waals surface area contributed by atoms with Gasteiger partial charge in [0.15, 0.2) is 0 Å². The Hall–Kier alpha value is -1.82. The van der Waals surface area contributed by atoms with Gasteiger partial charge in [-0.3, -0.25) is 19.7 Å². The van der Waals surface area contributed by atoms with Crippen LogP contribution in [0.2, 0.25) is 0 Å². The molecule has 94 valence electrons. The number of thioether (sulfide) groups is 1. The van der Waals surface area contributed by atoms with E-state index in [1.54, 1.807) is 24.3 Å². The number of imide groups is 1. The summed E-state index contributed by atoms with van der Waals surface area (Å²) in [5.74, 6) is -0.419. The zero-order valence-corrected chi connectivity index (χ0v) is 10.3. The molecule has 6 heteroatoms. The van der Waals surface area contributed by atoms with E-state index in [1.165, 1.54) is 11.8 Å². The number of hydrogen-bond donors (Lipinski definition) is 2. The molecule has 1 aliphatic heterocycles. The van der Waals surface area contributed by atoms with E-state index in [9.17, 15) is 14.4 Å². The van der Waals surface area contributed by atoms with E-state index < -0.39 is 5.25 Å². The van der Waals surface area contributed by atoms with E-state index in [0.717, 1.165) is 0 Å². The Bertz CT molecular complexity index is 475. The molecule has 0 aromatic heterocycles. The smallest absolute Gasteiger partial charge is 0.251 e. The zero-order valence-electron chi connectivity index (χ0n) is 9.51. The van der Waals surface area contributed by atoms with E-state index in [1.807, 2.05) is 6.07 Å². The molecular formula is C12H12N2O3S. The Labute approximate surface area is 108 Å². The second kappa shape index (κ2) is 5.68. The highest BCUT2D eigenvalue weighted by Crippen LogP contribution is 2.18. The molecule has 0 saturated carbocycles. The van der Waals surface area contributed by atoms with Gasteiger partial charge < -0.3 is 5.32 Å². The summed E-state index contributed by atoms with van der Waals surface area (Å²) >= 11 is 1.25. The average molecular weight is 264 g/mol. The highest BCUT2D eigenvalue weighted by molar-refractivity contribution is 8.00. The van der Waals surface area contributed by atoms with Gasteiger partial charge in [0.25, 0.3) is 5.91 Å². The molecule has 1 aromatic carbocycles. The van der Waals surface area contributed by atoms with E-state index in [2.05, 4.69) is 10.6 Å². The number of benzene rings is 1. The molecule has 1 aromatic rings. The first-order valence-corrected chi connectivity index (χ1v) is 6.50. The molecule has 0 spiro atoms.